The van der Waals surface area contributed by atoms with E-state index in [0.717, 1.165) is 5.56 Å². The van der Waals surface area contributed by atoms with Crippen LogP contribution in [0.4, 0.5) is 5.69 Å². The zero-order valence-electron chi connectivity index (χ0n) is 17.0. The van der Waals surface area contributed by atoms with Crippen LogP contribution in [0.15, 0.2) is 49.1 Å². The minimum absolute atomic E-state index is 0.0936. The van der Waals surface area contributed by atoms with Gasteiger partial charge < -0.3 is 24.3 Å². The second kappa shape index (κ2) is 10.7. The Hall–Kier alpha value is -3.81. The second-order valence-electron chi connectivity index (χ2n) is 6.10. The molecule has 0 saturated heterocycles. The van der Waals surface area contributed by atoms with E-state index in [9.17, 15) is 14.4 Å². The molecule has 0 spiro atoms. The number of hydrogen-bond donors (Lipinski definition) is 1. The molecule has 0 radical (unpaired) electrons. The van der Waals surface area contributed by atoms with E-state index in [2.05, 4.69) is 21.4 Å². The maximum atomic E-state index is 12.3. The van der Waals surface area contributed by atoms with Gasteiger partial charge in [-0.15, -0.1) is 6.58 Å². The van der Waals surface area contributed by atoms with Crippen molar-refractivity contribution in [2.75, 3.05) is 33.3 Å². The van der Waals surface area contributed by atoms with Crippen molar-refractivity contribution >= 4 is 23.5 Å². The maximum absolute atomic E-state index is 12.3. The molecule has 2 aromatic carbocycles. The number of hydrogen-bond acceptors (Lipinski definition) is 7. The summed E-state index contributed by atoms with van der Waals surface area (Å²) >= 11 is 0. The summed E-state index contributed by atoms with van der Waals surface area (Å²) in [6, 6.07) is 9.45. The summed E-state index contributed by atoms with van der Waals surface area (Å²) in [6.45, 7) is 3.38. The van der Waals surface area contributed by atoms with Gasteiger partial charge in [0.25, 0.3) is 5.91 Å². The molecule has 1 N–H and O–H groups in total. The highest BCUT2D eigenvalue weighted by Gasteiger charge is 2.15. The van der Waals surface area contributed by atoms with Crippen LogP contribution < -0.4 is 14.8 Å². The largest absolute Gasteiger partial charge is 0.493 e. The van der Waals surface area contributed by atoms with Crippen LogP contribution in [0.3, 0.4) is 0 Å². The molecule has 0 fully saturated rings. The fourth-order valence-electron chi connectivity index (χ4n) is 2.64. The van der Waals surface area contributed by atoms with Gasteiger partial charge in [0.15, 0.2) is 18.1 Å². The van der Waals surface area contributed by atoms with Gasteiger partial charge in [0.1, 0.15) is 0 Å². The Balaban J connectivity index is 2.13. The third-order valence-electron chi connectivity index (χ3n) is 4.03. The van der Waals surface area contributed by atoms with Gasteiger partial charge in [-0.2, -0.15) is 0 Å². The van der Waals surface area contributed by atoms with Gasteiger partial charge in [-0.3, -0.25) is 4.79 Å². The lowest BCUT2D eigenvalue weighted by atomic mass is 10.1. The summed E-state index contributed by atoms with van der Waals surface area (Å²) in [5.74, 6) is -0.916. The number of esters is 2. The quantitative estimate of drug-likeness (QED) is 0.498. The Bertz CT molecular complexity index is 918. The van der Waals surface area contributed by atoms with E-state index in [1.165, 1.54) is 39.5 Å². The summed E-state index contributed by atoms with van der Waals surface area (Å²) in [5, 5.41) is 2.59. The number of carbonyl (C=O) groups is 3. The molecule has 1 amide bonds. The standard InChI is InChI=1S/C22H23NO7/c1-5-6-14-7-8-18(19(9-14)27-2)30-13-20(24)23-17-11-15(21(25)28-3)10-16(12-17)22(26)29-4/h5,7-12H,1,6,13H2,2-4H3,(H,23,24). The Morgan fingerprint density at radius 2 is 1.57 bits per heavy atom. The first-order chi connectivity index (χ1) is 14.4. The minimum atomic E-state index is -0.656. The van der Waals surface area contributed by atoms with Crippen molar-refractivity contribution in [3.8, 4) is 11.5 Å². The molecule has 8 heteroatoms. The Morgan fingerprint density at radius 3 is 2.10 bits per heavy atom. The van der Waals surface area contributed by atoms with Gasteiger partial charge in [-0.1, -0.05) is 12.1 Å². The molecule has 0 atom stereocenters. The van der Waals surface area contributed by atoms with E-state index in [0.29, 0.717) is 17.9 Å². The third-order valence-corrected chi connectivity index (χ3v) is 4.03. The number of nitrogens with one attached hydrogen (secondary N) is 1. The maximum Gasteiger partial charge on any atom is 0.337 e. The predicted octanol–water partition coefficient (Wildman–Crippen LogP) is 3.01. The van der Waals surface area contributed by atoms with Crippen LogP contribution in [0.2, 0.25) is 0 Å². The second-order valence-corrected chi connectivity index (χ2v) is 6.10. The Morgan fingerprint density at radius 1 is 0.933 bits per heavy atom. The highest BCUT2D eigenvalue weighted by Crippen LogP contribution is 2.28. The Labute approximate surface area is 174 Å². The molecule has 0 bridgehead atoms. The zero-order chi connectivity index (χ0) is 22.1. The lowest BCUT2D eigenvalue weighted by molar-refractivity contribution is -0.118. The molecule has 0 aliphatic rings. The van der Waals surface area contributed by atoms with Crippen LogP contribution in [-0.2, 0) is 20.7 Å². The average molecular weight is 413 g/mol. The summed E-state index contributed by atoms with van der Waals surface area (Å²) in [6.07, 6.45) is 2.45. The molecule has 0 aromatic heterocycles. The molecule has 158 valence electrons. The van der Waals surface area contributed by atoms with Crippen molar-refractivity contribution in [2.45, 2.75) is 6.42 Å². The van der Waals surface area contributed by atoms with Crippen molar-refractivity contribution in [1.82, 2.24) is 0 Å². The summed E-state index contributed by atoms with van der Waals surface area (Å²) in [4.78, 5) is 36.0. The van der Waals surface area contributed by atoms with Crippen LogP contribution in [-0.4, -0.2) is 45.8 Å². The van der Waals surface area contributed by atoms with E-state index in [1.807, 2.05) is 6.07 Å². The highest BCUT2D eigenvalue weighted by atomic mass is 16.5. The first-order valence-corrected chi connectivity index (χ1v) is 8.94. The van der Waals surface area contributed by atoms with E-state index in [4.69, 9.17) is 9.47 Å². The summed E-state index contributed by atoms with van der Waals surface area (Å²) in [7, 11) is 3.94. The van der Waals surface area contributed by atoms with Crippen LogP contribution in [0.1, 0.15) is 26.3 Å². The molecule has 2 rings (SSSR count). The average Bonchev–Trinajstić information content (AvgIpc) is 2.76. The zero-order valence-corrected chi connectivity index (χ0v) is 17.0. The van der Waals surface area contributed by atoms with Crippen LogP contribution in [0, 0.1) is 0 Å². The topological polar surface area (TPSA) is 100 Å². The molecule has 2 aromatic rings. The number of benzene rings is 2. The molecule has 8 nitrogen and oxygen atoms in total. The van der Waals surface area contributed by atoms with Crippen LogP contribution in [0.25, 0.3) is 0 Å². The van der Waals surface area contributed by atoms with E-state index in [-0.39, 0.29) is 23.4 Å². The lowest BCUT2D eigenvalue weighted by Gasteiger charge is -2.13. The van der Waals surface area contributed by atoms with Crippen LogP contribution in [0.5, 0.6) is 11.5 Å². The molecule has 0 saturated carbocycles. The molecule has 0 heterocycles. The number of carbonyl (C=O) groups excluding carboxylic acids is 3. The SMILES string of the molecule is C=CCc1ccc(OCC(=O)Nc2cc(C(=O)OC)cc(C(=O)OC)c2)c(OC)c1. The number of allylic oxidation sites excluding steroid dienone is 1. The van der Waals surface area contributed by atoms with Crippen LogP contribution >= 0.6 is 0 Å². The Kier molecular flexibility index (Phi) is 7.99. The third kappa shape index (κ3) is 5.84. The van der Waals surface area contributed by atoms with E-state index < -0.39 is 17.8 Å². The first-order valence-electron chi connectivity index (χ1n) is 8.94. The number of ether oxygens (including phenoxy) is 4. The normalized spacial score (nSPS) is 9.97. The molecular formula is C22H23NO7. The first kappa shape index (κ1) is 22.5. The molecular weight excluding hydrogens is 390 g/mol. The molecule has 0 aliphatic heterocycles. The van der Waals surface area contributed by atoms with Gasteiger partial charge in [0.2, 0.25) is 0 Å². The van der Waals surface area contributed by atoms with Gasteiger partial charge in [-0.05, 0) is 42.3 Å². The van der Waals surface area contributed by atoms with Crippen molar-refractivity contribution in [3.05, 3.63) is 65.7 Å². The number of rotatable bonds is 9. The number of amides is 1. The van der Waals surface area contributed by atoms with Gasteiger partial charge in [0.05, 0.1) is 32.5 Å². The summed E-state index contributed by atoms with van der Waals surface area (Å²) < 4.78 is 20.2. The fourth-order valence-corrected chi connectivity index (χ4v) is 2.64. The monoisotopic (exact) mass is 413 g/mol. The summed E-state index contributed by atoms with van der Waals surface area (Å²) in [5.41, 5.74) is 1.40. The molecule has 0 unspecified atom stereocenters. The minimum Gasteiger partial charge on any atom is -0.493 e. The van der Waals surface area contributed by atoms with Crippen molar-refractivity contribution < 1.29 is 33.3 Å². The fraction of sp³-hybridized carbons (Fsp3) is 0.227. The van der Waals surface area contributed by atoms with Gasteiger partial charge in [-0.25, -0.2) is 9.59 Å². The van der Waals surface area contributed by atoms with E-state index in [1.54, 1.807) is 18.2 Å². The molecule has 30 heavy (non-hydrogen) atoms. The van der Waals surface area contributed by atoms with Crippen molar-refractivity contribution in [2.24, 2.45) is 0 Å². The highest BCUT2D eigenvalue weighted by molar-refractivity contribution is 5.99. The van der Waals surface area contributed by atoms with E-state index >= 15 is 0 Å². The van der Waals surface area contributed by atoms with Gasteiger partial charge in [0, 0.05) is 5.69 Å². The smallest absolute Gasteiger partial charge is 0.337 e. The number of anilines is 1. The molecule has 0 aliphatic carbocycles. The van der Waals surface area contributed by atoms with Gasteiger partial charge >= 0.3 is 11.9 Å². The predicted molar refractivity (Wildman–Crippen MR) is 110 cm³/mol. The van der Waals surface area contributed by atoms with Crippen molar-refractivity contribution in [3.63, 3.8) is 0 Å². The van der Waals surface area contributed by atoms with Crippen molar-refractivity contribution in [1.29, 1.82) is 0 Å². The number of methoxy groups -OCH3 is 3. The lowest BCUT2D eigenvalue weighted by Crippen LogP contribution is -2.21.